The molecule has 0 spiro atoms. The average molecular weight is 427 g/mol. The topological polar surface area (TPSA) is 127 Å². The summed E-state index contributed by atoms with van der Waals surface area (Å²) in [6.45, 7) is 0. The minimum Gasteiger partial charge on any atom is -0.496 e. The molecule has 1 aliphatic heterocycles. The Balaban J connectivity index is 1.76. The van der Waals surface area contributed by atoms with Gasteiger partial charge in [0.2, 0.25) is 0 Å². The number of carboxylic acid groups (broad SMARTS) is 1. The van der Waals surface area contributed by atoms with E-state index < -0.39 is 38.4 Å². The number of hydrogen-bond donors (Lipinski definition) is 1. The van der Waals surface area contributed by atoms with Gasteiger partial charge in [0.25, 0.3) is 11.8 Å². The van der Waals surface area contributed by atoms with Gasteiger partial charge < -0.3 is 9.84 Å². The summed E-state index contributed by atoms with van der Waals surface area (Å²) >= 11 is 0. The third-order valence-corrected chi connectivity index (χ3v) is 5.77. The molecule has 0 atom stereocenters. The highest BCUT2D eigenvalue weighted by atomic mass is 32.2. The van der Waals surface area contributed by atoms with Crippen molar-refractivity contribution in [3.05, 3.63) is 71.3 Å². The maximum atomic E-state index is 12.8. The van der Waals surface area contributed by atoms with Gasteiger partial charge in [-0.15, -0.1) is 9.35 Å². The molecular weight excluding hydrogens is 414 g/mol. The van der Waals surface area contributed by atoms with Gasteiger partial charge in [0.05, 0.1) is 23.1 Å². The van der Waals surface area contributed by atoms with Gasteiger partial charge in [-0.2, -0.15) is 8.42 Å². The molecule has 152 valence electrons. The Morgan fingerprint density at radius 2 is 1.57 bits per heavy atom. The van der Waals surface area contributed by atoms with Crippen LogP contribution in [0.15, 0.2) is 59.5 Å². The van der Waals surface area contributed by atoms with Crippen molar-refractivity contribution >= 4 is 38.7 Å². The van der Waals surface area contributed by atoms with E-state index in [1.807, 2.05) is 0 Å². The molecule has 30 heavy (non-hydrogen) atoms. The molecular formula is C20H13NO8S. The second kappa shape index (κ2) is 6.94. The second-order valence-corrected chi connectivity index (χ2v) is 7.84. The fraction of sp³-hybridized carbons (Fsp3) is 0.0500. The van der Waals surface area contributed by atoms with Crippen molar-refractivity contribution in [1.29, 1.82) is 0 Å². The molecule has 4 rings (SSSR count). The van der Waals surface area contributed by atoms with Crippen LogP contribution >= 0.6 is 0 Å². The molecule has 1 aliphatic rings. The van der Waals surface area contributed by atoms with E-state index in [1.54, 1.807) is 24.3 Å². The van der Waals surface area contributed by atoms with Crippen molar-refractivity contribution in [2.24, 2.45) is 0 Å². The lowest BCUT2D eigenvalue weighted by Crippen LogP contribution is -2.41. The Hall–Kier alpha value is -3.76. The summed E-state index contributed by atoms with van der Waals surface area (Å²) in [5.41, 5.74) is -0.203. The first-order chi connectivity index (χ1) is 14.2. The van der Waals surface area contributed by atoms with Gasteiger partial charge in [0.15, 0.2) is 0 Å². The van der Waals surface area contributed by atoms with E-state index in [-0.39, 0.29) is 21.9 Å². The largest absolute Gasteiger partial charge is 0.496 e. The number of carbonyl (C=O) groups excluding carboxylic acids is 2. The summed E-state index contributed by atoms with van der Waals surface area (Å²) in [5, 5.41) is 10.5. The van der Waals surface area contributed by atoms with Crippen LogP contribution in [-0.4, -0.2) is 43.5 Å². The van der Waals surface area contributed by atoms with E-state index in [0.717, 1.165) is 18.2 Å². The van der Waals surface area contributed by atoms with Crippen LogP contribution in [0.1, 0.15) is 31.1 Å². The zero-order valence-corrected chi connectivity index (χ0v) is 16.2. The molecule has 0 fully saturated rings. The third kappa shape index (κ3) is 2.98. The van der Waals surface area contributed by atoms with Crippen LogP contribution in [0.5, 0.6) is 5.75 Å². The van der Waals surface area contributed by atoms with Gasteiger partial charge in [0, 0.05) is 5.39 Å². The number of ether oxygens (including phenoxy) is 1. The first kappa shape index (κ1) is 19.6. The van der Waals surface area contributed by atoms with Gasteiger partial charge in [-0.3, -0.25) is 9.59 Å². The fourth-order valence-electron chi connectivity index (χ4n) is 3.23. The van der Waals surface area contributed by atoms with Crippen LogP contribution in [0.4, 0.5) is 0 Å². The lowest BCUT2D eigenvalue weighted by atomic mass is 9.95. The first-order valence-electron chi connectivity index (χ1n) is 8.51. The number of methoxy groups -OCH3 is 1. The number of aromatic carboxylic acids is 1. The third-order valence-electron chi connectivity index (χ3n) is 4.60. The van der Waals surface area contributed by atoms with E-state index in [0.29, 0.717) is 10.8 Å². The molecule has 0 unspecified atom stereocenters. The number of amides is 2. The monoisotopic (exact) mass is 427 g/mol. The summed E-state index contributed by atoms with van der Waals surface area (Å²) in [6.07, 6.45) is 0. The molecule has 0 saturated heterocycles. The van der Waals surface area contributed by atoms with E-state index >= 15 is 0 Å². The SMILES string of the molecule is COc1ccc(S(=O)(=O)ON2C(=O)c3cccc4cccc(c34)C2=O)cc1C(=O)O. The van der Waals surface area contributed by atoms with Gasteiger partial charge in [-0.25, -0.2) is 4.79 Å². The first-order valence-corrected chi connectivity index (χ1v) is 9.92. The summed E-state index contributed by atoms with van der Waals surface area (Å²) in [7, 11) is -3.48. The van der Waals surface area contributed by atoms with Gasteiger partial charge in [-0.1, -0.05) is 24.3 Å². The highest BCUT2D eigenvalue weighted by molar-refractivity contribution is 7.86. The summed E-state index contributed by atoms with van der Waals surface area (Å²) in [5.74, 6) is -3.37. The van der Waals surface area contributed by atoms with E-state index in [9.17, 15) is 27.9 Å². The average Bonchev–Trinajstić information content (AvgIpc) is 2.74. The second-order valence-electron chi connectivity index (χ2n) is 6.31. The zero-order valence-electron chi connectivity index (χ0n) is 15.4. The van der Waals surface area contributed by atoms with Crippen LogP contribution in [-0.2, 0) is 14.4 Å². The molecule has 10 heteroatoms. The Morgan fingerprint density at radius 3 is 2.10 bits per heavy atom. The summed E-state index contributed by atoms with van der Waals surface area (Å²) < 4.78 is 35.2. The van der Waals surface area contributed by atoms with Crippen LogP contribution in [0.25, 0.3) is 10.8 Å². The summed E-state index contributed by atoms with van der Waals surface area (Å²) in [6, 6.07) is 12.6. The maximum Gasteiger partial charge on any atom is 0.339 e. The van der Waals surface area contributed by atoms with Crippen molar-refractivity contribution < 1.29 is 36.9 Å². The Morgan fingerprint density at radius 1 is 0.967 bits per heavy atom. The number of hydroxylamine groups is 2. The van der Waals surface area contributed by atoms with Crippen LogP contribution in [0.3, 0.4) is 0 Å². The number of nitrogens with zero attached hydrogens (tertiary/aromatic N) is 1. The number of benzene rings is 3. The number of carbonyl (C=O) groups is 3. The van der Waals surface area contributed by atoms with Gasteiger partial charge in [0.1, 0.15) is 11.3 Å². The van der Waals surface area contributed by atoms with Gasteiger partial charge in [-0.05, 0) is 35.7 Å². The van der Waals surface area contributed by atoms with Crippen LogP contribution in [0.2, 0.25) is 0 Å². The predicted octanol–water partition coefficient (Wildman–Crippen LogP) is 2.46. The molecule has 9 nitrogen and oxygen atoms in total. The van der Waals surface area contributed by atoms with Crippen molar-refractivity contribution in [1.82, 2.24) is 5.06 Å². The van der Waals surface area contributed by atoms with Crippen LogP contribution in [0, 0.1) is 0 Å². The Bertz CT molecular complexity index is 1300. The minimum atomic E-state index is -4.71. The molecule has 3 aromatic rings. The van der Waals surface area contributed by atoms with Crippen LogP contribution < -0.4 is 4.74 Å². The van der Waals surface area contributed by atoms with Crippen molar-refractivity contribution in [3.8, 4) is 5.75 Å². The molecule has 1 heterocycles. The Labute approximate surface area is 170 Å². The molecule has 1 N–H and O–H groups in total. The van der Waals surface area contributed by atoms with E-state index in [4.69, 9.17) is 9.02 Å². The number of carboxylic acids is 1. The number of hydrogen-bond acceptors (Lipinski definition) is 7. The number of rotatable bonds is 5. The molecule has 0 aromatic heterocycles. The maximum absolute atomic E-state index is 12.8. The van der Waals surface area contributed by atoms with Gasteiger partial charge >= 0.3 is 16.1 Å². The quantitative estimate of drug-likeness (QED) is 0.615. The highest BCUT2D eigenvalue weighted by Crippen LogP contribution is 2.31. The molecule has 2 amide bonds. The number of imide groups is 1. The predicted molar refractivity (Wildman–Crippen MR) is 103 cm³/mol. The van der Waals surface area contributed by atoms with Crippen molar-refractivity contribution in [3.63, 3.8) is 0 Å². The molecule has 0 radical (unpaired) electrons. The van der Waals surface area contributed by atoms with E-state index in [1.165, 1.54) is 19.2 Å². The standard InChI is InChI=1S/C20H13NO8S/c1-28-16-9-8-12(10-15(16)20(24)25)30(26,27)29-21-18(22)13-6-2-4-11-5-3-7-14(17(11)13)19(21)23/h2-10H,1H3,(H,24,25). The van der Waals surface area contributed by atoms with E-state index in [2.05, 4.69) is 0 Å². The smallest absolute Gasteiger partial charge is 0.339 e. The zero-order chi connectivity index (χ0) is 21.6. The highest BCUT2D eigenvalue weighted by Gasteiger charge is 2.37. The Kier molecular flexibility index (Phi) is 4.52. The molecule has 0 aliphatic carbocycles. The molecule has 3 aromatic carbocycles. The van der Waals surface area contributed by atoms with Crippen molar-refractivity contribution in [2.75, 3.05) is 7.11 Å². The summed E-state index contributed by atoms with van der Waals surface area (Å²) in [4.78, 5) is 36.4. The lowest BCUT2D eigenvalue weighted by molar-refractivity contribution is -0.0155. The molecule has 0 bridgehead atoms. The van der Waals surface area contributed by atoms with Crippen molar-refractivity contribution in [2.45, 2.75) is 4.90 Å². The fourth-order valence-corrected chi connectivity index (χ4v) is 4.14. The molecule has 0 saturated carbocycles. The normalized spacial score (nSPS) is 13.6. The minimum absolute atomic E-state index is 0.0628. The lowest BCUT2D eigenvalue weighted by Gasteiger charge is -2.25.